The van der Waals surface area contributed by atoms with Crippen molar-refractivity contribution in [3.63, 3.8) is 0 Å². The summed E-state index contributed by atoms with van der Waals surface area (Å²) in [7, 11) is 0. The minimum absolute atomic E-state index is 0. The van der Waals surface area contributed by atoms with Gasteiger partial charge in [0.2, 0.25) is 0 Å². The Balaban J connectivity index is 0.00000490. The van der Waals surface area contributed by atoms with Crippen LogP contribution in [-0.4, -0.2) is 24.2 Å². The van der Waals surface area contributed by atoms with E-state index in [2.05, 4.69) is 178 Å². The number of phenols is 1. The van der Waals surface area contributed by atoms with Gasteiger partial charge in [0.05, 0.1) is 27.6 Å². The summed E-state index contributed by atoms with van der Waals surface area (Å²) in [6, 6.07) is 60.7. The molecule has 0 radical (unpaired) electrons. The molecule has 0 saturated heterocycles. The van der Waals surface area contributed by atoms with Gasteiger partial charge in [-0.2, -0.15) is 0 Å². The van der Waals surface area contributed by atoms with Gasteiger partial charge in [0, 0.05) is 61.2 Å². The molecule has 7 aromatic carbocycles. The van der Waals surface area contributed by atoms with E-state index in [0.29, 0.717) is 11.4 Å². The summed E-state index contributed by atoms with van der Waals surface area (Å²) in [4.78, 5) is 10.4. The molecule has 10 rings (SSSR count). The van der Waals surface area contributed by atoms with E-state index >= 15 is 0 Å². The molecule has 3 aromatic heterocycles. The van der Waals surface area contributed by atoms with Crippen molar-refractivity contribution in [2.75, 3.05) is 0 Å². The zero-order valence-electron chi connectivity index (χ0n) is 35.7. The summed E-state index contributed by atoms with van der Waals surface area (Å²) in [5, 5.41) is 14.2. The summed E-state index contributed by atoms with van der Waals surface area (Å²) in [6.45, 7) is 13.5. The summed E-state index contributed by atoms with van der Waals surface area (Å²) >= 11 is 0. The van der Waals surface area contributed by atoms with Crippen LogP contribution in [-0.2, 0) is 31.9 Å². The van der Waals surface area contributed by atoms with E-state index in [1.165, 1.54) is 11.1 Å². The van der Waals surface area contributed by atoms with Gasteiger partial charge >= 0.3 is 0 Å². The van der Waals surface area contributed by atoms with Crippen LogP contribution < -0.4 is 0 Å². The molecule has 0 saturated carbocycles. The Morgan fingerprint density at radius 3 is 1.82 bits per heavy atom. The number of nitrogens with zero attached hydrogens (tertiary/aromatic N) is 4. The van der Waals surface area contributed by atoms with E-state index in [9.17, 15) is 5.11 Å². The summed E-state index contributed by atoms with van der Waals surface area (Å²) in [5.41, 5.74) is 14.7. The SMILES string of the molecule is CC(C)(C)c1ccc(-c2ccnc(-c3[c-]c(-c4cccc5c4nc(-c4cc6c7ccccc7n(-c7ccccc7)c6cc4O)n5-c4ccccc4)cc(C(C)(C)C)c3)c2)cc1.[Pt]. The maximum absolute atomic E-state index is 12.1. The Labute approximate surface area is 377 Å². The number of imidazole rings is 1. The van der Waals surface area contributed by atoms with E-state index in [0.717, 1.165) is 77.7 Å². The number of pyridine rings is 1. The average molecular weight is 987 g/mol. The van der Waals surface area contributed by atoms with Gasteiger partial charge in [-0.3, -0.25) is 9.55 Å². The molecule has 0 unspecified atom stereocenters. The molecular formula is C56H47N4OPt-. The van der Waals surface area contributed by atoms with Crippen molar-refractivity contribution in [1.29, 1.82) is 0 Å². The van der Waals surface area contributed by atoms with Crippen molar-refractivity contribution >= 4 is 32.8 Å². The number of benzene rings is 7. The normalized spacial score (nSPS) is 12.0. The third-order valence-electron chi connectivity index (χ3n) is 11.9. The predicted octanol–water partition coefficient (Wildman–Crippen LogP) is 14.3. The van der Waals surface area contributed by atoms with E-state index in [1.54, 1.807) is 0 Å². The van der Waals surface area contributed by atoms with Crippen molar-refractivity contribution in [2.45, 2.75) is 52.4 Å². The molecule has 0 fully saturated rings. The molecule has 308 valence electrons. The topological polar surface area (TPSA) is 55.9 Å². The van der Waals surface area contributed by atoms with Gasteiger partial charge in [-0.25, -0.2) is 4.98 Å². The zero-order chi connectivity index (χ0) is 42.0. The van der Waals surface area contributed by atoms with Gasteiger partial charge in [0.25, 0.3) is 0 Å². The van der Waals surface area contributed by atoms with Gasteiger partial charge in [-0.1, -0.05) is 150 Å². The van der Waals surface area contributed by atoms with E-state index in [1.807, 2.05) is 48.7 Å². The fraction of sp³-hybridized carbons (Fsp3) is 0.143. The third-order valence-corrected chi connectivity index (χ3v) is 11.9. The van der Waals surface area contributed by atoms with Gasteiger partial charge < -0.3 is 9.67 Å². The zero-order valence-corrected chi connectivity index (χ0v) is 38.0. The van der Waals surface area contributed by atoms with E-state index in [4.69, 9.17) is 9.97 Å². The Morgan fingerprint density at radius 1 is 0.500 bits per heavy atom. The van der Waals surface area contributed by atoms with Gasteiger partial charge in [0.1, 0.15) is 11.6 Å². The Hall–Kier alpha value is -6.55. The van der Waals surface area contributed by atoms with Crippen molar-refractivity contribution in [1.82, 2.24) is 19.1 Å². The minimum Gasteiger partial charge on any atom is -0.507 e. The second kappa shape index (κ2) is 15.7. The first-order chi connectivity index (χ1) is 29.4. The first-order valence-corrected chi connectivity index (χ1v) is 21.0. The number of para-hydroxylation sites is 4. The van der Waals surface area contributed by atoms with Crippen LogP contribution in [0.2, 0.25) is 0 Å². The molecule has 0 amide bonds. The molecule has 3 heterocycles. The Kier molecular flexibility index (Phi) is 10.4. The fourth-order valence-electron chi connectivity index (χ4n) is 8.58. The summed E-state index contributed by atoms with van der Waals surface area (Å²) in [6.07, 6.45) is 1.90. The van der Waals surface area contributed by atoms with Crippen LogP contribution in [0.3, 0.4) is 0 Å². The predicted molar refractivity (Wildman–Crippen MR) is 253 cm³/mol. The van der Waals surface area contributed by atoms with Crippen LogP contribution in [0.1, 0.15) is 52.7 Å². The molecular weight excluding hydrogens is 940 g/mol. The van der Waals surface area contributed by atoms with Gasteiger partial charge in [0.15, 0.2) is 0 Å². The second-order valence-corrected chi connectivity index (χ2v) is 18.1. The smallest absolute Gasteiger partial charge is 0.148 e. The quantitative estimate of drug-likeness (QED) is 0.169. The molecule has 0 bridgehead atoms. The molecule has 1 N–H and O–H groups in total. The van der Waals surface area contributed by atoms with Crippen molar-refractivity contribution < 1.29 is 26.2 Å². The van der Waals surface area contributed by atoms with Crippen molar-refractivity contribution in [2.24, 2.45) is 0 Å². The van der Waals surface area contributed by atoms with E-state index < -0.39 is 0 Å². The molecule has 0 aliphatic carbocycles. The van der Waals surface area contributed by atoms with Gasteiger partial charge in [-0.15, -0.1) is 29.3 Å². The van der Waals surface area contributed by atoms with Crippen molar-refractivity contribution in [3.05, 3.63) is 187 Å². The molecule has 0 aliphatic rings. The van der Waals surface area contributed by atoms with Crippen LogP contribution in [0.4, 0.5) is 0 Å². The minimum atomic E-state index is -0.151. The number of hydrogen-bond acceptors (Lipinski definition) is 3. The molecule has 0 spiro atoms. The van der Waals surface area contributed by atoms with Gasteiger partial charge in [-0.05, 0) is 76.1 Å². The van der Waals surface area contributed by atoms with E-state index in [-0.39, 0.29) is 37.6 Å². The molecule has 6 heteroatoms. The first-order valence-electron chi connectivity index (χ1n) is 21.0. The van der Waals surface area contributed by atoms with Crippen LogP contribution in [0.5, 0.6) is 5.75 Å². The number of aromatic hydroxyl groups is 1. The molecule has 10 aromatic rings. The Morgan fingerprint density at radius 2 is 1.13 bits per heavy atom. The maximum Gasteiger partial charge on any atom is 0.148 e. The van der Waals surface area contributed by atoms with Crippen LogP contribution in [0.25, 0.3) is 89.1 Å². The monoisotopic (exact) mass is 986 g/mol. The standard InChI is InChI=1S/C56H47N4O.Pt/c1-55(2,3)40-26-24-36(25-27-40)37-28-29-57-48(33-37)39-30-38(31-41(32-39)56(4,5)6)44-21-15-23-50-53(44)58-54(60(50)43-18-11-8-12-19-43)47-34-46-45-20-13-14-22-49(45)59(51(46)35-52(47)61)42-16-9-7-10-17-42;/h7-29,31-35,61H,1-6H3;/q-1;. The second-order valence-electron chi connectivity index (χ2n) is 18.1. The molecule has 0 atom stereocenters. The maximum atomic E-state index is 12.1. The van der Waals surface area contributed by atoms with Crippen LogP contribution >= 0.6 is 0 Å². The number of aromatic nitrogens is 4. The molecule has 0 aliphatic heterocycles. The number of phenolic OH excluding ortho intramolecular Hbond substituents is 1. The van der Waals surface area contributed by atoms with Crippen molar-refractivity contribution in [3.8, 4) is 62.0 Å². The number of fused-ring (bicyclic) bond motifs is 4. The summed E-state index contributed by atoms with van der Waals surface area (Å²) < 4.78 is 4.38. The van der Waals surface area contributed by atoms with Crippen LogP contribution in [0, 0.1) is 6.07 Å². The Bertz CT molecular complexity index is 3260. The fourth-order valence-corrected chi connectivity index (χ4v) is 8.58. The number of hydrogen-bond donors (Lipinski definition) is 1. The average Bonchev–Trinajstić information content (AvgIpc) is 3.81. The third kappa shape index (κ3) is 7.25. The van der Waals surface area contributed by atoms with Crippen LogP contribution in [0.15, 0.2) is 170 Å². The first kappa shape index (κ1) is 40.8. The largest absolute Gasteiger partial charge is 0.507 e. The number of rotatable bonds is 6. The molecule has 62 heavy (non-hydrogen) atoms. The molecule has 5 nitrogen and oxygen atoms in total. The summed E-state index contributed by atoms with van der Waals surface area (Å²) in [5.74, 6) is 0.813.